The van der Waals surface area contributed by atoms with Crippen molar-refractivity contribution in [1.29, 1.82) is 0 Å². The van der Waals surface area contributed by atoms with E-state index in [4.69, 9.17) is 14.2 Å². The fourth-order valence-electron chi connectivity index (χ4n) is 6.76. The molecule has 4 aromatic carbocycles. The predicted molar refractivity (Wildman–Crippen MR) is 239 cm³/mol. The van der Waals surface area contributed by atoms with Crippen LogP contribution in [0.5, 0.6) is 0 Å². The lowest BCUT2D eigenvalue weighted by atomic mass is 9.84. The summed E-state index contributed by atoms with van der Waals surface area (Å²) in [4.78, 5) is 40.7. The van der Waals surface area contributed by atoms with Crippen LogP contribution in [-0.4, -0.2) is 79.7 Å². The van der Waals surface area contributed by atoms with Crippen molar-refractivity contribution in [2.24, 2.45) is 11.8 Å². The summed E-state index contributed by atoms with van der Waals surface area (Å²) in [5, 5.41) is 6.61. The Balaban J connectivity index is 1.63. The number of carbonyl (C=O) groups is 3. The normalized spacial score (nSPS) is 14.4. The minimum Gasteiger partial charge on any atom is -0.467 e. The van der Waals surface area contributed by atoms with Crippen molar-refractivity contribution in [2.45, 2.75) is 82.4 Å². The van der Waals surface area contributed by atoms with E-state index in [0.29, 0.717) is 30.9 Å². The van der Waals surface area contributed by atoms with Gasteiger partial charge in [0.15, 0.2) is 0 Å². The van der Waals surface area contributed by atoms with Gasteiger partial charge >= 0.3 is 11.9 Å². The molecule has 0 bridgehead atoms. The number of amides is 1. The minimum absolute atomic E-state index is 0.147. The zero-order valence-corrected chi connectivity index (χ0v) is 36.8. The van der Waals surface area contributed by atoms with E-state index in [9.17, 15) is 14.4 Å². The molecule has 58 heavy (non-hydrogen) atoms. The van der Waals surface area contributed by atoms with Crippen LogP contribution in [0.4, 0.5) is 0 Å². The Bertz CT molecular complexity index is 1710. The lowest BCUT2D eigenvalue weighted by Gasteiger charge is -2.37. The highest BCUT2D eigenvalue weighted by atomic mass is 32.2. The maximum atomic E-state index is 14.2. The van der Waals surface area contributed by atoms with E-state index in [2.05, 4.69) is 97.3 Å². The highest BCUT2D eigenvalue weighted by Gasteiger charge is 2.39. The number of ether oxygens (including phenoxy) is 3. The van der Waals surface area contributed by atoms with Crippen LogP contribution in [-0.2, 0) is 39.8 Å². The Labute approximate surface area is 355 Å². The number of benzene rings is 4. The molecule has 312 valence electrons. The van der Waals surface area contributed by atoms with Gasteiger partial charge in [-0.1, -0.05) is 142 Å². The maximum Gasteiger partial charge on any atom is 0.328 e. The van der Waals surface area contributed by atoms with Crippen molar-refractivity contribution < 1.29 is 28.6 Å². The van der Waals surface area contributed by atoms with Gasteiger partial charge in [0.2, 0.25) is 5.91 Å². The van der Waals surface area contributed by atoms with E-state index in [-0.39, 0.29) is 30.4 Å². The summed E-state index contributed by atoms with van der Waals surface area (Å²) in [7, 11) is 1.33. The number of nitrogens with one attached hydrogen (secondary N) is 2. The fraction of sp³-hybridized carbons (Fsp3) is 0.438. The Morgan fingerprint density at radius 3 is 1.74 bits per heavy atom. The Morgan fingerprint density at radius 1 is 0.759 bits per heavy atom. The van der Waals surface area contributed by atoms with Crippen LogP contribution in [0.1, 0.15) is 69.7 Å². The number of hydrogen-bond acceptors (Lipinski definition) is 9. The molecule has 10 heteroatoms. The van der Waals surface area contributed by atoms with E-state index in [1.165, 1.54) is 7.11 Å². The molecule has 0 spiro atoms. The van der Waals surface area contributed by atoms with Crippen LogP contribution in [0.25, 0.3) is 0 Å². The molecule has 0 radical (unpaired) electrons. The molecule has 2 N–H and O–H groups in total. The van der Waals surface area contributed by atoms with Crippen molar-refractivity contribution in [1.82, 2.24) is 10.6 Å². The first-order chi connectivity index (χ1) is 27.9. The zero-order chi connectivity index (χ0) is 42.0. The maximum absolute atomic E-state index is 14.2. The predicted octanol–water partition coefficient (Wildman–Crippen LogP) is 8.71. The molecule has 4 aromatic rings. The molecule has 5 atom stereocenters. The third-order valence-corrected chi connectivity index (χ3v) is 12.5. The average Bonchev–Trinajstić information content (AvgIpc) is 3.24. The number of hydrogen-bond donors (Lipinski definition) is 2. The molecule has 0 heterocycles. The van der Waals surface area contributed by atoms with Gasteiger partial charge in [0.05, 0.1) is 24.4 Å². The number of thioether (sulfide) groups is 2. The molecule has 0 aromatic heterocycles. The summed E-state index contributed by atoms with van der Waals surface area (Å²) in [6.45, 7) is 10.5. The van der Waals surface area contributed by atoms with Gasteiger partial charge in [0.1, 0.15) is 17.7 Å². The van der Waals surface area contributed by atoms with Crippen molar-refractivity contribution >= 4 is 41.4 Å². The van der Waals surface area contributed by atoms with Gasteiger partial charge in [-0.2, -0.15) is 11.8 Å². The Kier molecular flexibility index (Phi) is 18.9. The van der Waals surface area contributed by atoms with E-state index < -0.39 is 34.4 Å². The molecule has 0 aliphatic carbocycles. The number of carbonyl (C=O) groups excluding carboxylic acids is 3. The molecule has 0 saturated carbocycles. The lowest BCUT2D eigenvalue weighted by molar-refractivity contribution is -0.159. The fourth-order valence-corrected chi connectivity index (χ4v) is 8.84. The summed E-state index contributed by atoms with van der Waals surface area (Å²) in [5.74, 6) is -0.365. The molecule has 0 aliphatic heterocycles. The zero-order valence-electron chi connectivity index (χ0n) is 35.1. The molecule has 4 rings (SSSR count). The number of esters is 2. The molecule has 0 saturated heterocycles. The highest BCUT2D eigenvalue weighted by Crippen LogP contribution is 2.49. The number of methoxy groups -OCH3 is 1. The first kappa shape index (κ1) is 46.6. The third kappa shape index (κ3) is 13.8. The Hall–Kier alpha value is -4.09. The summed E-state index contributed by atoms with van der Waals surface area (Å²) >= 11 is 3.33. The van der Waals surface area contributed by atoms with Gasteiger partial charge in [-0.05, 0) is 67.4 Å². The minimum atomic E-state index is -0.863. The molecular weight excluding hydrogens is 765 g/mol. The van der Waals surface area contributed by atoms with Crippen molar-refractivity contribution in [3.05, 3.63) is 144 Å². The van der Waals surface area contributed by atoms with Gasteiger partial charge < -0.3 is 24.8 Å². The van der Waals surface area contributed by atoms with Crippen LogP contribution in [0.2, 0.25) is 0 Å². The average molecular weight is 827 g/mol. The quantitative estimate of drug-likeness (QED) is 0.0562. The van der Waals surface area contributed by atoms with Gasteiger partial charge in [-0.15, -0.1) is 11.8 Å². The number of rotatable bonds is 23. The van der Waals surface area contributed by atoms with Gasteiger partial charge in [0.25, 0.3) is 0 Å². The standard InChI is InChI=1S/C48H62N2O6S2/c1-8-35(2)42(33-55-43(31-36-21-13-9-14-22-36)44(51)50-41(29-30-57-7)46(53)54-6)49-32-37(45(52)56-47(3,4)5)34-58-48(38-23-15-10-16-24-38,39-25-17-11-18-26-39)40-27-19-12-20-28-40/h9-28,35,37,41-43,49H,8,29-34H2,1-7H3,(H,50,51)/t35-,37?,41+,42?,43?/m0/s1. The second-order valence-corrected chi connectivity index (χ2v) is 17.8. The van der Waals surface area contributed by atoms with Crippen molar-refractivity contribution in [3.8, 4) is 0 Å². The second kappa shape index (κ2) is 23.5. The first-order valence-electron chi connectivity index (χ1n) is 20.2. The van der Waals surface area contributed by atoms with Crippen molar-refractivity contribution in [3.63, 3.8) is 0 Å². The van der Waals surface area contributed by atoms with Crippen molar-refractivity contribution in [2.75, 3.05) is 38.0 Å². The molecule has 0 aliphatic rings. The van der Waals surface area contributed by atoms with Crippen LogP contribution >= 0.6 is 23.5 Å². The largest absolute Gasteiger partial charge is 0.467 e. The lowest BCUT2D eigenvalue weighted by Crippen LogP contribution is -2.49. The summed E-state index contributed by atoms with van der Waals surface area (Å²) in [6, 6.07) is 40.1. The SMILES string of the molecule is CC[C@H](C)C(COC(Cc1ccccc1)C(=O)N[C@H](CCSC)C(=O)OC)NCC(CSC(c1ccccc1)(c1ccccc1)c1ccccc1)C(=O)OC(C)(C)C. The van der Waals surface area contributed by atoms with E-state index in [0.717, 1.165) is 28.7 Å². The van der Waals surface area contributed by atoms with E-state index >= 15 is 0 Å². The molecule has 8 nitrogen and oxygen atoms in total. The second-order valence-electron chi connectivity index (χ2n) is 15.6. The van der Waals surface area contributed by atoms with Crippen LogP contribution in [0.3, 0.4) is 0 Å². The summed E-state index contributed by atoms with van der Waals surface area (Å²) in [5.41, 5.74) is 3.61. The van der Waals surface area contributed by atoms with Gasteiger partial charge in [-0.25, -0.2) is 4.79 Å². The molecule has 0 fully saturated rings. The Morgan fingerprint density at radius 2 is 1.28 bits per heavy atom. The van der Waals surface area contributed by atoms with Crippen LogP contribution in [0.15, 0.2) is 121 Å². The van der Waals surface area contributed by atoms with Crippen LogP contribution < -0.4 is 10.6 Å². The molecule has 3 unspecified atom stereocenters. The summed E-state index contributed by atoms with van der Waals surface area (Å²) in [6.07, 6.45) is 2.71. The highest BCUT2D eigenvalue weighted by molar-refractivity contribution is 8.00. The smallest absolute Gasteiger partial charge is 0.328 e. The molecular formula is C48H62N2O6S2. The van der Waals surface area contributed by atoms with E-state index in [1.807, 2.05) is 75.6 Å². The van der Waals surface area contributed by atoms with Crippen LogP contribution in [0, 0.1) is 11.8 Å². The molecule has 1 amide bonds. The topological polar surface area (TPSA) is 103 Å². The monoisotopic (exact) mass is 826 g/mol. The first-order valence-corrected chi connectivity index (χ1v) is 22.6. The van der Waals surface area contributed by atoms with E-state index in [1.54, 1.807) is 23.5 Å². The van der Waals surface area contributed by atoms with Gasteiger partial charge in [-0.3, -0.25) is 9.59 Å². The third-order valence-electron chi connectivity index (χ3n) is 10.2. The van der Waals surface area contributed by atoms with Gasteiger partial charge in [0, 0.05) is 24.8 Å². The summed E-state index contributed by atoms with van der Waals surface area (Å²) < 4.78 is 17.0.